The summed E-state index contributed by atoms with van der Waals surface area (Å²) in [4.78, 5) is 0. The first-order valence-corrected chi connectivity index (χ1v) is 4.10. The fourth-order valence-electron chi connectivity index (χ4n) is 1.41. The van der Waals surface area contributed by atoms with Crippen LogP contribution >= 0.6 is 0 Å². The van der Waals surface area contributed by atoms with Gasteiger partial charge in [-0.2, -0.15) is 0 Å². The Morgan fingerprint density at radius 2 is 2.08 bits per heavy atom. The summed E-state index contributed by atoms with van der Waals surface area (Å²) in [7, 11) is 0. The van der Waals surface area contributed by atoms with Crippen molar-refractivity contribution in [1.82, 2.24) is 5.32 Å². The van der Waals surface area contributed by atoms with Gasteiger partial charge in [-0.15, -0.1) is 0 Å². The number of hydrogen-bond acceptors (Lipinski definition) is 2. The van der Waals surface area contributed by atoms with E-state index in [-0.39, 0.29) is 6.04 Å². The van der Waals surface area contributed by atoms with Crippen molar-refractivity contribution in [2.24, 2.45) is 0 Å². The Kier molecular flexibility index (Phi) is 1.92. The van der Waals surface area contributed by atoms with Crippen LogP contribution in [0.15, 0.2) is 12.1 Å². The van der Waals surface area contributed by atoms with Gasteiger partial charge in [-0.05, 0) is 19.0 Å². The average molecular weight is 185 g/mol. The summed E-state index contributed by atoms with van der Waals surface area (Å²) in [5.41, 5.74) is 0.309. The molecule has 0 bridgehead atoms. The Bertz CT molecular complexity index is 337. The van der Waals surface area contributed by atoms with Gasteiger partial charge in [0, 0.05) is 17.7 Å². The quantitative estimate of drug-likeness (QED) is 0.698. The summed E-state index contributed by atoms with van der Waals surface area (Å²) >= 11 is 0. The number of rotatable bonds is 1. The van der Waals surface area contributed by atoms with Crippen LogP contribution in [0.4, 0.5) is 8.78 Å². The molecule has 13 heavy (non-hydrogen) atoms. The molecule has 0 saturated carbocycles. The van der Waals surface area contributed by atoms with Crippen molar-refractivity contribution in [3.63, 3.8) is 0 Å². The van der Waals surface area contributed by atoms with E-state index in [1.165, 1.54) is 0 Å². The lowest BCUT2D eigenvalue weighted by Gasteiger charge is -2.28. The highest BCUT2D eigenvalue weighted by Crippen LogP contribution is 2.32. The van der Waals surface area contributed by atoms with Crippen molar-refractivity contribution >= 4 is 0 Å². The van der Waals surface area contributed by atoms with Crippen molar-refractivity contribution in [2.75, 3.05) is 6.54 Å². The van der Waals surface area contributed by atoms with Crippen LogP contribution in [0.2, 0.25) is 0 Å². The summed E-state index contributed by atoms with van der Waals surface area (Å²) in [5.74, 6) is -2.00. The Labute approximate surface area is 74.2 Å². The molecule has 1 aromatic rings. The predicted molar refractivity (Wildman–Crippen MR) is 43.4 cm³/mol. The zero-order valence-corrected chi connectivity index (χ0v) is 6.85. The van der Waals surface area contributed by atoms with E-state index in [4.69, 9.17) is 0 Å². The fraction of sp³-hybridized carbons (Fsp3) is 0.333. The molecular formula is C9H9F2NO. The fourth-order valence-corrected chi connectivity index (χ4v) is 1.41. The molecule has 1 saturated heterocycles. The minimum absolute atomic E-state index is 0.106. The van der Waals surface area contributed by atoms with Crippen LogP contribution in [0, 0.1) is 11.6 Å². The third-order valence-electron chi connectivity index (χ3n) is 2.26. The normalized spacial score (nSPS) is 21.2. The van der Waals surface area contributed by atoms with Gasteiger partial charge in [0.1, 0.15) is 5.82 Å². The number of hydrogen-bond donors (Lipinski definition) is 2. The van der Waals surface area contributed by atoms with E-state index in [1.807, 2.05) is 0 Å². The number of halogens is 2. The smallest absolute Gasteiger partial charge is 0.168 e. The van der Waals surface area contributed by atoms with Gasteiger partial charge < -0.3 is 10.4 Å². The molecule has 2 rings (SSSR count). The molecule has 1 aromatic carbocycles. The van der Waals surface area contributed by atoms with E-state index in [9.17, 15) is 13.9 Å². The van der Waals surface area contributed by atoms with Crippen molar-refractivity contribution < 1.29 is 13.9 Å². The molecule has 0 aromatic heterocycles. The maximum absolute atomic E-state index is 12.8. The number of nitrogens with one attached hydrogen (secondary N) is 1. The third-order valence-corrected chi connectivity index (χ3v) is 2.26. The molecule has 0 aliphatic carbocycles. The lowest BCUT2D eigenvalue weighted by Crippen LogP contribution is -2.35. The molecule has 1 heterocycles. The van der Waals surface area contributed by atoms with Crippen LogP contribution in [-0.4, -0.2) is 11.7 Å². The second-order valence-corrected chi connectivity index (χ2v) is 3.12. The first-order valence-electron chi connectivity index (χ1n) is 4.10. The Balaban J connectivity index is 2.42. The third kappa shape index (κ3) is 1.37. The molecule has 70 valence electrons. The first kappa shape index (κ1) is 8.44. The van der Waals surface area contributed by atoms with Crippen LogP contribution in [0.25, 0.3) is 0 Å². The lowest BCUT2D eigenvalue weighted by atomic mass is 9.97. The molecule has 2 N–H and O–H groups in total. The standard InChI is InChI=1S/C9H9F2NO/c10-5-3-6(8-1-2-12-8)9(13)7(11)4-5/h3-4,8,12-13H,1-2H2. The van der Waals surface area contributed by atoms with E-state index < -0.39 is 17.4 Å². The molecule has 0 radical (unpaired) electrons. The average Bonchev–Trinajstić information content (AvgIpc) is 1.95. The molecule has 1 atom stereocenters. The topological polar surface area (TPSA) is 32.3 Å². The van der Waals surface area contributed by atoms with E-state index in [1.54, 1.807) is 0 Å². The van der Waals surface area contributed by atoms with Gasteiger partial charge in [-0.3, -0.25) is 0 Å². The van der Waals surface area contributed by atoms with E-state index in [0.717, 1.165) is 19.0 Å². The molecule has 0 amide bonds. The van der Waals surface area contributed by atoms with Gasteiger partial charge in [0.2, 0.25) is 0 Å². The van der Waals surface area contributed by atoms with Crippen molar-refractivity contribution in [2.45, 2.75) is 12.5 Å². The monoisotopic (exact) mass is 185 g/mol. The SMILES string of the molecule is Oc1c(F)cc(F)cc1C1CCN1. The van der Waals surface area contributed by atoms with Gasteiger partial charge in [-0.1, -0.05) is 0 Å². The summed E-state index contributed by atoms with van der Waals surface area (Å²) < 4.78 is 25.6. The second kappa shape index (κ2) is 2.96. The zero-order valence-electron chi connectivity index (χ0n) is 6.85. The lowest BCUT2D eigenvalue weighted by molar-refractivity contribution is 0.352. The number of benzene rings is 1. The molecular weight excluding hydrogens is 176 g/mol. The summed E-state index contributed by atoms with van der Waals surface area (Å²) in [6, 6.07) is 1.73. The van der Waals surface area contributed by atoms with Gasteiger partial charge >= 0.3 is 0 Å². The Morgan fingerprint density at radius 3 is 2.62 bits per heavy atom. The van der Waals surface area contributed by atoms with E-state index in [2.05, 4.69) is 5.32 Å². The van der Waals surface area contributed by atoms with Crippen LogP contribution in [0.3, 0.4) is 0 Å². The molecule has 1 aliphatic rings. The summed E-state index contributed by atoms with van der Waals surface area (Å²) in [6.45, 7) is 0.822. The minimum atomic E-state index is -0.899. The van der Waals surface area contributed by atoms with Crippen LogP contribution in [0.1, 0.15) is 18.0 Å². The maximum atomic E-state index is 12.8. The number of aromatic hydroxyl groups is 1. The largest absolute Gasteiger partial charge is 0.505 e. The highest BCUT2D eigenvalue weighted by molar-refractivity contribution is 5.37. The van der Waals surface area contributed by atoms with Gasteiger partial charge in [0.15, 0.2) is 11.6 Å². The van der Waals surface area contributed by atoms with E-state index in [0.29, 0.717) is 11.6 Å². The van der Waals surface area contributed by atoms with Crippen LogP contribution in [-0.2, 0) is 0 Å². The van der Waals surface area contributed by atoms with Crippen molar-refractivity contribution in [1.29, 1.82) is 0 Å². The van der Waals surface area contributed by atoms with E-state index >= 15 is 0 Å². The highest BCUT2D eigenvalue weighted by atomic mass is 19.1. The molecule has 1 aliphatic heterocycles. The molecule has 2 nitrogen and oxygen atoms in total. The summed E-state index contributed by atoms with van der Waals surface area (Å²) in [5, 5.41) is 12.2. The Morgan fingerprint density at radius 1 is 1.38 bits per heavy atom. The second-order valence-electron chi connectivity index (χ2n) is 3.12. The van der Waals surface area contributed by atoms with Gasteiger partial charge in [0.05, 0.1) is 0 Å². The van der Waals surface area contributed by atoms with Crippen LogP contribution < -0.4 is 5.32 Å². The molecule has 1 unspecified atom stereocenters. The number of phenols is 1. The van der Waals surface area contributed by atoms with Gasteiger partial charge in [-0.25, -0.2) is 8.78 Å². The predicted octanol–water partition coefficient (Wildman–Crippen LogP) is 1.70. The zero-order chi connectivity index (χ0) is 9.42. The minimum Gasteiger partial charge on any atom is -0.505 e. The van der Waals surface area contributed by atoms with Crippen LogP contribution in [0.5, 0.6) is 5.75 Å². The van der Waals surface area contributed by atoms with Crippen molar-refractivity contribution in [3.8, 4) is 5.75 Å². The summed E-state index contributed by atoms with van der Waals surface area (Å²) in [6.07, 6.45) is 0.802. The molecule has 4 heteroatoms. The Hall–Kier alpha value is -1.16. The first-order chi connectivity index (χ1) is 6.18. The molecule has 0 spiro atoms. The highest BCUT2D eigenvalue weighted by Gasteiger charge is 2.23. The number of phenolic OH excluding ortho intramolecular Hbond substituents is 1. The molecule has 1 fully saturated rings. The van der Waals surface area contributed by atoms with Gasteiger partial charge in [0.25, 0.3) is 0 Å². The maximum Gasteiger partial charge on any atom is 0.168 e. The van der Waals surface area contributed by atoms with Crippen molar-refractivity contribution in [3.05, 3.63) is 29.3 Å².